The summed E-state index contributed by atoms with van der Waals surface area (Å²) in [7, 11) is 0. The van der Waals surface area contributed by atoms with Gasteiger partial charge in [-0.2, -0.15) is 0 Å². The summed E-state index contributed by atoms with van der Waals surface area (Å²) in [4.78, 5) is 9.77. The van der Waals surface area contributed by atoms with Crippen LogP contribution in [0, 0.1) is 0 Å². The summed E-state index contributed by atoms with van der Waals surface area (Å²) < 4.78 is 0. The van der Waals surface area contributed by atoms with Gasteiger partial charge in [-0.05, 0) is 5.56 Å². The van der Waals surface area contributed by atoms with Gasteiger partial charge in [-0.15, -0.1) is 0 Å². The number of hydrogen-bond donors (Lipinski definition) is 2. The molecule has 0 fully saturated rings. The zero-order valence-electron chi connectivity index (χ0n) is 7.42. The van der Waals surface area contributed by atoms with Crippen LogP contribution in [0.1, 0.15) is 5.56 Å². The predicted octanol–water partition coefficient (Wildman–Crippen LogP) is 0.433. The Balaban J connectivity index is 2.10. The SMILES string of the molecule is O=[C]NCCNCc1ccccc1. The highest BCUT2D eigenvalue weighted by molar-refractivity contribution is 5.46. The Labute approximate surface area is 78.2 Å². The van der Waals surface area contributed by atoms with Crippen molar-refractivity contribution in [1.82, 2.24) is 10.6 Å². The molecule has 1 aromatic carbocycles. The lowest BCUT2D eigenvalue weighted by molar-refractivity contribution is 0.539. The number of amides is 1. The van der Waals surface area contributed by atoms with Crippen molar-refractivity contribution in [2.75, 3.05) is 13.1 Å². The third kappa shape index (κ3) is 4.28. The van der Waals surface area contributed by atoms with E-state index in [0.717, 1.165) is 13.1 Å². The second kappa shape index (κ2) is 6.20. The zero-order chi connectivity index (χ0) is 9.36. The second-order valence-corrected chi connectivity index (χ2v) is 2.69. The van der Waals surface area contributed by atoms with Crippen LogP contribution in [0.4, 0.5) is 0 Å². The molecule has 0 saturated heterocycles. The molecular formula is C10H13N2O. The van der Waals surface area contributed by atoms with Gasteiger partial charge in [0.25, 0.3) is 0 Å². The van der Waals surface area contributed by atoms with Crippen molar-refractivity contribution in [3.63, 3.8) is 0 Å². The first kappa shape index (κ1) is 9.74. The largest absolute Gasteiger partial charge is 0.347 e. The summed E-state index contributed by atoms with van der Waals surface area (Å²) in [5.41, 5.74) is 1.25. The molecule has 1 aromatic rings. The topological polar surface area (TPSA) is 41.1 Å². The highest BCUT2D eigenvalue weighted by Gasteiger charge is 1.89. The third-order valence-electron chi connectivity index (χ3n) is 1.67. The monoisotopic (exact) mass is 177 g/mol. The van der Waals surface area contributed by atoms with Crippen LogP contribution in [0.15, 0.2) is 30.3 Å². The van der Waals surface area contributed by atoms with E-state index in [4.69, 9.17) is 0 Å². The molecule has 0 aliphatic carbocycles. The Morgan fingerprint density at radius 3 is 2.62 bits per heavy atom. The van der Waals surface area contributed by atoms with E-state index in [1.165, 1.54) is 5.56 Å². The van der Waals surface area contributed by atoms with E-state index in [2.05, 4.69) is 22.8 Å². The molecule has 0 unspecified atom stereocenters. The third-order valence-corrected chi connectivity index (χ3v) is 1.67. The summed E-state index contributed by atoms with van der Waals surface area (Å²) in [6.45, 7) is 2.22. The first-order valence-electron chi connectivity index (χ1n) is 4.28. The summed E-state index contributed by atoms with van der Waals surface area (Å²) in [6, 6.07) is 10.1. The minimum Gasteiger partial charge on any atom is -0.347 e. The molecule has 0 bridgehead atoms. The van der Waals surface area contributed by atoms with E-state index in [9.17, 15) is 4.79 Å². The lowest BCUT2D eigenvalue weighted by atomic mass is 10.2. The molecule has 1 radical (unpaired) electrons. The summed E-state index contributed by atoms with van der Waals surface area (Å²) in [5.74, 6) is 0. The number of carbonyl (C=O) groups excluding carboxylic acids is 1. The molecular weight excluding hydrogens is 164 g/mol. The summed E-state index contributed by atoms with van der Waals surface area (Å²) in [6.07, 6.45) is 1.63. The maximum Gasteiger partial charge on any atom is 0.309 e. The van der Waals surface area contributed by atoms with Crippen LogP contribution in [0.5, 0.6) is 0 Å². The molecule has 0 spiro atoms. The molecule has 3 nitrogen and oxygen atoms in total. The van der Waals surface area contributed by atoms with Crippen molar-refractivity contribution in [2.24, 2.45) is 0 Å². The lowest BCUT2D eigenvalue weighted by Gasteiger charge is -2.03. The Morgan fingerprint density at radius 1 is 1.15 bits per heavy atom. The van der Waals surface area contributed by atoms with Crippen molar-refractivity contribution in [1.29, 1.82) is 0 Å². The summed E-state index contributed by atoms with van der Waals surface area (Å²) >= 11 is 0. The Bertz CT molecular complexity index is 236. The Hall–Kier alpha value is -1.35. The van der Waals surface area contributed by atoms with Crippen LogP contribution in [0.3, 0.4) is 0 Å². The number of hydrogen-bond acceptors (Lipinski definition) is 2. The van der Waals surface area contributed by atoms with Crippen molar-refractivity contribution < 1.29 is 4.79 Å². The fourth-order valence-electron chi connectivity index (χ4n) is 1.03. The van der Waals surface area contributed by atoms with Crippen LogP contribution in [-0.4, -0.2) is 19.5 Å². The molecule has 69 valence electrons. The number of benzene rings is 1. The van der Waals surface area contributed by atoms with E-state index in [-0.39, 0.29) is 0 Å². The quantitative estimate of drug-likeness (QED) is 0.489. The van der Waals surface area contributed by atoms with Gasteiger partial charge in [-0.25, -0.2) is 0 Å². The standard InChI is InChI=1S/C10H13N2O/c13-9-12-7-6-11-8-10-4-2-1-3-5-10/h1-5,11H,6-8H2,(H,12,13). The molecule has 1 amide bonds. The van der Waals surface area contributed by atoms with Gasteiger partial charge in [0.2, 0.25) is 0 Å². The van der Waals surface area contributed by atoms with E-state index in [1.54, 1.807) is 6.41 Å². The smallest absolute Gasteiger partial charge is 0.309 e. The lowest BCUT2D eigenvalue weighted by Crippen LogP contribution is -2.25. The minimum absolute atomic E-state index is 0.621. The van der Waals surface area contributed by atoms with Crippen LogP contribution in [0.25, 0.3) is 0 Å². The fraction of sp³-hybridized carbons (Fsp3) is 0.300. The van der Waals surface area contributed by atoms with Gasteiger partial charge < -0.3 is 10.6 Å². The molecule has 0 aromatic heterocycles. The van der Waals surface area contributed by atoms with Crippen molar-refractivity contribution in [3.05, 3.63) is 35.9 Å². The van der Waals surface area contributed by atoms with E-state index < -0.39 is 0 Å². The molecule has 1 rings (SSSR count). The molecule has 3 heteroatoms. The molecule has 13 heavy (non-hydrogen) atoms. The Kier molecular flexibility index (Phi) is 4.64. The molecule has 0 saturated carbocycles. The molecule has 0 atom stereocenters. The van der Waals surface area contributed by atoms with E-state index in [0.29, 0.717) is 6.54 Å². The minimum atomic E-state index is 0.621. The zero-order valence-corrected chi connectivity index (χ0v) is 7.42. The highest BCUT2D eigenvalue weighted by Crippen LogP contribution is 1.96. The number of rotatable bonds is 6. The van der Waals surface area contributed by atoms with Crippen molar-refractivity contribution in [2.45, 2.75) is 6.54 Å². The average molecular weight is 177 g/mol. The predicted molar refractivity (Wildman–Crippen MR) is 51.8 cm³/mol. The van der Waals surface area contributed by atoms with Gasteiger partial charge in [0, 0.05) is 19.6 Å². The van der Waals surface area contributed by atoms with E-state index >= 15 is 0 Å². The normalized spacial score (nSPS) is 9.54. The van der Waals surface area contributed by atoms with Gasteiger partial charge in [-0.1, -0.05) is 30.3 Å². The Morgan fingerprint density at radius 2 is 1.92 bits per heavy atom. The average Bonchev–Trinajstić information content (AvgIpc) is 2.19. The maximum atomic E-state index is 9.77. The van der Waals surface area contributed by atoms with Gasteiger partial charge in [0.15, 0.2) is 0 Å². The van der Waals surface area contributed by atoms with Gasteiger partial charge in [-0.3, -0.25) is 4.79 Å². The van der Waals surface area contributed by atoms with Crippen molar-refractivity contribution in [3.8, 4) is 0 Å². The maximum absolute atomic E-state index is 9.77. The fourth-order valence-corrected chi connectivity index (χ4v) is 1.03. The van der Waals surface area contributed by atoms with E-state index in [1.807, 2.05) is 18.2 Å². The highest BCUT2D eigenvalue weighted by atomic mass is 16.1. The van der Waals surface area contributed by atoms with Crippen molar-refractivity contribution >= 4 is 6.41 Å². The van der Waals surface area contributed by atoms with Crippen LogP contribution in [0.2, 0.25) is 0 Å². The molecule has 0 aliphatic heterocycles. The first-order valence-corrected chi connectivity index (χ1v) is 4.28. The van der Waals surface area contributed by atoms with Crippen LogP contribution < -0.4 is 10.6 Å². The molecule has 2 N–H and O–H groups in total. The summed E-state index contributed by atoms with van der Waals surface area (Å²) in [5, 5.41) is 5.66. The van der Waals surface area contributed by atoms with Gasteiger partial charge in [0.05, 0.1) is 0 Å². The molecule has 0 heterocycles. The van der Waals surface area contributed by atoms with Gasteiger partial charge >= 0.3 is 6.41 Å². The van der Waals surface area contributed by atoms with Crippen LogP contribution >= 0.6 is 0 Å². The van der Waals surface area contributed by atoms with Gasteiger partial charge in [0.1, 0.15) is 0 Å². The number of nitrogens with one attached hydrogen (secondary N) is 2. The first-order chi connectivity index (χ1) is 6.43. The second-order valence-electron chi connectivity index (χ2n) is 2.69. The molecule has 0 aliphatic rings. The van der Waals surface area contributed by atoms with Crippen LogP contribution in [-0.2, 0) is 11.3 Å².